The molecule has 0 aliphatic carbocycles. The third-order valence-electron chi connectivity index (χ3n) is 0.845. The standard InChI is InChI=1S/C5H6BrN3/c1-7-5-8-3-2-4(6)9-5/h2-3H,1H3,(H,7,8,9). The molecule has 0 radical (unpaired) electrons. The Kier molecular flexibility index (Phi) is 2.00. The Morgan fingerprint density at radius 2 is 2.44 bits per heavy atom. The van der Waals surface area contributed by atoms with Crippen LogP contribution in [0.3, 0.4) is 0 Å². The molecule has 4 heteroatoms. The maximum atomic E-state index is 3.99. The molecule has 48 valence electrons. The lowest BCUT2D eigenvalue weighted by molar-refractivity contribution is 1.13. The van der Waals surface area contributed by atoms with E-state index in [0.717, 1.165) is 4.60 Å². The largest absolute Gasteiger partial charge is 0.357 e. The van der Waals surface area contributed by atoms with Crippen molar-refractivity contribution in [1.82, 2.24) is 9.97 Å². The third-order valence-corrected chi connectivity index (χ3v) is 1.29. The summed E-state index contributed by atoms with van der Waals surface area (Å²) in [6.07, 6.45) is 1.68. The van der Waals surface area contributed by atoms with E-state index in [1.807, 2.05) is 0 Å². The molecule has 0 fully saturated rings. The number of anilines is 1. The number of rotatable bonds is 1. The monoisotopic (exact) mass is 187 g/mol. The Morgan fingerprint density at radius 1 is 1.67 bits per heavy atom. The molecule has 1 N–H and O–H groups in total. The Bertz CT molecular complexity index is 201. The van der Waals surface area contributed by atoms with Crippen molar-refractivity contribution in [3.63, 3.8) is 0 Å². The zero-order valence-electron chi connectivity index (χ0n) is 4.93. The highest BCUT2D eigenvalue weighted by Gasteiger charge is 1.89. The molecule has 1 aromatic rings. The number of hydrogen-bond acceptors (Lipinski definition) is 3. The predicted octanol–water partition coefficient (Wildman–Crippen LogP) is 1.28. The van der Waals surface area contributed by atoms with E-state index < -0.39 is 0 Å². The molecule has 0 aliphatic heterocycles. The molecular weight excluding hydrogens is 182 g/mol. The molecule has 1 rings (SSSR count). The van der Waals surface area contributed by atoms with Gasteiger partial charge in [0.1, 0.15) is 4.60 Å². The van der Waals surface area contributed by atoms with Gasteiger partial charge in [0.05, 0.1) is 0 Å². The van der Waals surface area contributed by atoms with Gasteiger partial charge in [-0.15, -0.1) is 0 Å². The van der Waals surface area contributed by atoms with E-state index in [-0.39, 0.29) is 0 Å². The molecule has 0 aliphatic rings. The van der Waals surface area contributed by atoms with Crippen molar-refractivity contribution < 1.29 is 0 Å². The second-order valence-electron chi connectivity index (χ2n) is 1.45. The molecule has 1 aromatic heterocycles. The molecule has 0 saturated heterocycles. The lowest BCUT2D eigenvalue weighted by Gasteiger charge is -1.94. The minimum absolute atomic E-state index is 0.629. The minimum atomic E-state index is 0.629. The molecule has 0 spiro atoms. The van der Waals surface area contributed by atoms with Crippen LogP contribution in [-0.2, 0) is 0 Å². The van der Waals surface area contributed by atoms with Crippen molar-refractivity contribution in [3.8, 4) is 0 Å². The van der Waals surface area contributed by atoms with Crippen molar-refractivity contribution in [2.45, 2.75) is 0 Å². The molecule has 3 nitrogen and oxygen atoms in total. The van der Waals surface area contributed by atoms with Crippen LogP contribution in [-0.4, -0.2) is 17.0 Å². The molecule has 1 heterocycles. The fraction of sp³-hybridized carbons (Fsp3) is 0.200. The summed E-state index contributed by atoms with van der Waals surface area (Å²) in [5.74, 6) is 0.629. The molecule has 0 unspecified atom stereocenters. The Morgan fingerprint density at radius 3 is 2.89 bits per heavy atom. The van der Waals surface area contributed by atoms with Gasteiger partial charge in [-0.3, -0.25) is 0 Å². The second-order valence-corrected chi connectivity index (χ2v) is 2.27. The molecule has 0 amide bonds. The van der Waals surface area contributed by atoms with Gasteiger partial charge < -0.3 is 5.32 Å². The van der Waals surface area contributed by atoms with E-state index in [2.05, 4.69) is 31.2 Å². The van der Waals surface area contributed by atoms with Crippen molar-refractivity contribution >= 4 is 21.9 Å². The van der Waals surface area contributed by atoms with Crippen LogP contribution in [0.25, 0.3) is 0 Å². The van der Waals surface area contributed by atoms with Crippen molar-refractivity contribution in [1.29, 1.82) is 0 Å². The molecular formula is C5H6BrN3. The summed E-state index contributed by atoms with van der Waals surface area (Å²) in [6.45, 7) is 0. The fourth-order valence-electron chi connectivity index (χ4n) is 0.457. The zero-order valence-corrected chi connectivity index (χ0v) is 6.51. The average Bonchev–Trinajstić information content (AvgIpc) is 1.88. The first-order valence-electron chi connectivity index (χ1n) is 2.49. The second kappa shape index (κ2) is 2.77. The van der Waals surface area contributed by atoms with Gasteiger partial charge in [-0.25, -0.2) is 9.97 Å². The maximum absolute atomic E-state index is 3.99. The highest BCUT2D eigenvalue weighted by Crippen LogP contribution is 2.05. The summed E-state index contributed by atoms with van der Waals surface area (Å²) in [4.78, 5) is 7.89. The quantitative estimate of drug-likeness (QED) is 0.674. The number of aromatic nitrogens is 2. The lowest BCUT2D eigenvalue weighted by Crippen LogP contribution is -1.94. The van der Waals surface area contributed by atoms with E-state index in [9.17, 15) is 0 Å². The zero-order chi connectivity index (χ0) is 6.69. The fourth-order valence-corrected chi connectivity index (χ4v) is 0.743. The van der Waals surface area contributed by atoms with Gasteiger partial charge in [0.15, 0.2) is 0 Å². The summed E-state index contributed by atoms with van der Waals surface area (Å²) < 4.78 is 0.793. The van der Waals surface area contributed by atoms with Crippen LogP contribution in [0.1, 0.15) is 0 Å². The Balaban J connectivity index is 2.94. The molecule has 0 aromatic carbocycles. The van der Waals surface area contributed by atoms with Crippen LogP contribution in [0, 0.1) is 0 Å². The maximum Gasteiger partial charge on any atom is 0.223 e. The van der Waals surface area contributed by atoms with E-state index in [1.165, 1.54) is 0 Å². The smallest absolute Gasteiger partial charge is 0.223 e. The first-order valence-corrected chi connectivity index (χ1v) is 3.28. The Hall–Kier alpha value is -0.640. The van der Waals surface area contributed by atoms with Gasteiger partial charge in [-0.1, -0.05) is 0 Å². The summed E-state index contributed by atoms with van der Waals surface area (Å²) in [6, 6.07) is 1.78. The normalized spacial score (nSPS) is 9.11. The number of halogens is 1. The van der Waals surface area contributed by atoms with Crippen LogP contribution in [0.15, 0.2) is 16.9 Å². The highest BCUT2D eigenvalue weighted by atomic mass is 79.9. The van der Waals surface area contributed by atoms with Crippen molar-refractivity contribution in [2.24, 2.45) is 0 Å². The van der Waals surface area contributed by atoms with E-state index in [0.29, 0.717) is 5.95 Å². The van der Waals surface area contributed by atoms with Crippen LogP contribution < -0.4 is 5.32 Å². The topological polar surface area (TPSA) is 37.8 Å². The van der Waals surface area contributed by atoms with Gasteiger partial charge in [0.25, 0.3) is 0 Å². The van der Waals surface area contributed by atoms with Crippen LogP contribution >= 0.6 is 15.9 Å². The van der Waals surface area contributed by atoms with Gasteiger partial charge in [-0.2, -0.15) is 0 Å². The van der Waals surface area contributed by atoms with Gasteiger partial charge in [0.2, 0.25) is 5.95 Å². The average molecular weight is 188 g/mol. The number of hydrogen-bond donors (Lipinski definition) is 1. The third kappa shape index (κ3) is 1.64. The van der Waals surface area contributed by atoms with Crippen molar-refractivity contribution in [3.05, 3.63) is 16.9 Å². The first-order chi connectivity index (χ1) is 4.33. The van der Waals surface area contributed by atoms with E-state index >= 15 is 0 Å². The molecule has 9 heavy (non-hydrogen) atoms. The number of nitrogens with zero attached hydrogens (tertiary/aromatic N) is 2. The minimum Gasteiger partial charge on any atom is -0.357 e. The van der Waals surface area contributed by atoms with Gasteiger partial charge in [0, 0.05) is 13.2 Å². The molecule has 0 bridgehead atoms. The van der Waals surface area contributed by atoms with Gasteiger partial charge in [-0.05, 0) is 22.0 Å². The Labute approximate surface area is 61.7 Å². The predicted molar refractivity (Wildman–Crippen MR) is 39.3 cm³/mol. The first kappa shape index (κ1) is 6.48. The highest BCUT2D eigenvalue weighted by molar-refractivity contribution is 9.10. The summed E-state index contributed by atoms with van der Waals surface area (Å²) in [5.41, 5.74) is 0. The van der Waals surface area contributed by atoms with Crippen molar-refractivity contribution in [2.75, 3.05) is 12.4 Å². The van der Waals surface area contributed by atoms with Gasteiger partial charge >= 0.3 is 0 Å². The lowest BCUT2D eigenvalue weighted by atomic mass is 10.7. The van der Waals surface area contributed by atoms with E-state index in [4.69, 9.17) is 0 Å². The van der Waals surface area contributed by atoms with Crippen LogP contribution in [0.5, 0.6) is 0 Å². The van der Waals surface area contributed by atoms with E-state index in [1.54, 1.807) is 19.3 Å². The summed E-state index contributed by atoms with van der Waals surface area (Å²) in [7, 11) is 1.78. The summed E-state index contributed by atoms with van der Waals surface area (Å²) >= 11 is 3.21. The van der Waals surface area contributed by atoms with Crippen LogP contribution in [0.2, 0.25) is 0 Å². The molecule has 0 saturated carbocycles. The number of nitrogens with one attached hydrogen (secondary N) is 1. The summed E-state index contributed by atoms with van der Waals surface area (Å²) in [5, 5.41) is 2.82. The van der Waals surface area contributed by atoms with Crippen LogP contribution in [0.4, 0.5) is 5.95 Å². The SMILES string of the molecule is CNc1nccc(Br)n1. The molecule has 0 atom stereocenters.